The Hall–Kier alpha value is -1.14. The number of carbonyl (C=O) groups is 1. The first-order valence-electron chi connectivity index (χ1n) is 6.08. The first kappa shape index (κ1) is 14.9. The summed E-state index contributed by atoms with van der Waals surface area (Å²) in [4.78, 5) is 17.8. The molecule has 0 aliphatic rings. The van der Waals surface area contributed by atoms with Gasteiger partial charge in [-0.25, -0.2) is 9.78 Å². The summed E-state index contributed by atoms with van der Waals surface area (Å²) < 4.78 is 0. The summed E-state index contributed by atoms with van der Waals surface area (Å²) in [5.74, 6) is 0. The Morgan fingerprint density at radius 3 is 2.67 bits per heavy atom. The van der Waals surface area contributed by atoms with Gasteiger partial charge in [0.1, 0.15) is 0 Å². The number of aromatic nitrogens is 1. The summed E-state index contributed by atoms with van der Waals surface area (Å²) in [6.45, 7) is 8.10. The number of aliphatic hydroxyl groups is 1. The van der Waals surface area contributed by atoms with Crippen LogP contribution in [0.1, 0.15) is 33.4 Å². The number of anilines is 1. The standard InChI is InChI=1S/C12H21N3O2S/c1-5-9-7-18-10(13-9)14-11(16)15(6-2)8-12(3,4)17/h7,17H,5-6,8H2,1-4H3,(H,13,14,16). The van der Waals surface area contributed by atoms with Crippen LogP contribution in [0.4, 0.5) is 9.93 Å². The first-order chi connectivity index (χ1) is 8.35. The second-order valence-electron chi connectivity index (χ2n) is 4.75. The highest BCUT2D eigenvalue weighted by atomic mass is 32.1. The molecule has 2 amide bonds. The minimum Gasteiger partial charge on any atom is -0.389 e. The Balaban J connectivity index is 2.62. The van der Waals surface area contributed by atoms with Crippen LogP contribution in [0.2, 0.25) is 0 Å². The Bertz CT molecular complexity index is 398. The van der Waals surface area contributed by atoms with Gasteiger partial charge in [0.05, 0.1) is 17.8 Å². The molecule has 0 fully saturated rings. The van der Waals surface area contributed by atoms with E-state index in [1.165, 1.54) is 11.3 Å². The van der Waals surface area contributed by atoms with E-state index in [1.54, 1.807) is 18.7 Å². The smallest absolute Gasteiger partial charge is 0.323 e. The third kappa shape index (κ3) is 4.62. The number of nitrogens with zero attached hydrogens (tertiary/aromatic N) is 2. The van der Waals surface area contributed by atoms with Crippen LogP contribution in [-0.4, -0.2) is 39.7 Å². The molecule has 0 saturated heterocycles. The van der Waals surface area contributed by atoms with E-state index in [1.807, 2.05) is 19.2 Å². The molecule has 18 heavy (non-hydrogen) atoms. The van der Waals surface area contributed by atoms with E-state index in [0.717, 1.165) is 12.1 Å². The number of thiazole rings is 1. The second kappa shape index (κ2) is 6.15. The number of hydrogen-bond acceptors (Lipinski definition) is 4. The lowest BCUT2D eigenvalue weighted by atomic mass is 10.1. The molecule has 6 heteroatoms. The molecule has 0 radical (unpaired) electrons. The van der Waals surface area contributed by atoms with Gasteiger partial charge in [0.2, 0.25) is 0 Å². The van der Waals surface area contributed by atoms with Gasteiger partial charge in [-0.2, -0.15) is 0 Å². The number of rotatable bonds is 5. The highest BCUT2D eigenvalue weighted by Gasteiger charge is 2.21. The van der Waals surface area contributed by atoms with E-state index in [-0.39, 0.29) is 6.03 Å². The van der Waals surface area contributed by atoms with Crippen molar-refractivity contribution < 1.29 is 9.90 Å². The highest BCUT2D eigenvalue weighted by molar-refractivity contribution is 7.13. The topological polar surface area (TPSA) is 65.5 Å². The fourth-order valence-corrected chi connectivity index (χ4v) is 2.27. The summed E-state index contributed by atoms with van der Waals surface area (Å²) in [5, 5.41) is 15.0. The Labute approximate surface area is 112 Å². The Morgan fingerprint density at radius 1 is 1.56 bits per heavy atom. The molecule has 0 aliphatic carbocycles. The maximum Gasteiger partial charge on any atom is 0.323 e. The van der Waals surface area contributed by atoms with Crippen LogP contribution in [0.3, 0.4) is 0 Å². The zero-order chi connectivity index (χ0) is 13.8. The van der Waals surface area contributed by atoms with E-state index in [2.05, 4.69) is 10.3 Å². The molecule has 2 N–H and O–H groups in total. The van der Waals surface area contributed by atoms with Gasteiger partial charge in [-0.15, -0.1) is 11.3 Å². The van der Waals surface area contributed by atoms with Crippen molar-refractivity contribution in [2.45, 2.75) is 39.7 Å². The monoisotopic (exact) mass is 271 g/mol. The number of likely N-dealkylation sites (N-methyl/N-ethyl adjacent to an activating group) is 1. The van der Waals surface area contributed by atoms with Gasteiger partial charge in [-0.1, -0.05) is 6.92 Å². The fourth-order valence-electron chi connectivity index (χ4n) is 1.49. The molecule has 0 atom stereocenters. The summed E-state index contributed by atoms with van der Waals surface area (Å²) >= 11 is 1.42. The van der Waals surface area contributed by atoms with Gasteiger partial charge in [-0.05, 0) is 27.2 Å². The van der Waals surface area contributed by atoms with Crippen molar-refractivity contribution in [2.24, 2.45) is 0 Å². The van der Waals surface area contributed by atoms with Crippen LogP contribution in [-0.2, 0) is 6.42 Å². The molecule has 0 aromatic carbocycles. The quantitative estimate of drug-likeness (QED) is 0.864. The van der Waals surface area contributed by atoms with E-state index in [0.29, 0.717) is 18.2 Å². The molecule has 1 rings (SSSR count). The van der Waals surface area contributed by atoms with Gasteiger partial charge >= 0.3 is 6.03 Å². The lowest BCUT2D eigenvalue weighted by molar-refractivity contribution is 0.0501. The number of amides is 2. The third-order valence-electron chi connectivity index (χ3n) is 2.37. The van der Waals surface area contributed by atoms with Crippen LogP contribution in [0.15, 0.2) is 5.38 Å². The molecule has 0 spiro atoms. The van der Waals surface area contributed by atoms with Crippen molar-refractivity contribution in [3.05, 3.63) is 11.1 Å². The summed E-state index contributed by atoms with van der Waals surface area (Å²) in [6, 6.07) is -0.225. The molecule has 1 aromatic heterocycles. The second-order valence-corrected chi connectivity index (χ2v) is 5.61. The van der Waals surface area contributed by atoms with Crippen molar-refractivity contribution in [1.82, 2.24) is 9.88 Å². The van der Waals surface area contributed by atoms with Crippen LogP contribution in [0.5, 0.6) is 0 Å². The Morgan fingerprint density at radius 2 is 2.22 bits per heavy atom. The molecule has 0 aliphatic heterocycles. The molecule has 0 unspecified atom stereocenters. The molecular weight excluding hydrogens is 250 g/mol. The van der Waals surface area contributed by atoms with Gasteiger partial charge < -0.3 is 10.0 Å². The van der Waals surface area contributed by atoms with Gasteiger partial charge in [0.15, 0.2) is 5.13 Å². The fraction of sp³-hybridized carbons (Fsp3) is 0.667. The van der Waals surface area contributed by atoms with Crippen LogP contribution in [0.25, 0.3) is 0 Å². The number of urea groups is 1. The minimum absolute atomic E-state index is 0.225. The third-order valence-corrected chi connectivity index (χ3v) is 3.18. The first-order valence-corrected chi connectivity index (χ1v) is 6.96. The van der Waals surface area contributed by atoms with Gasteiger partial charge in [0, 0.05) is 11.9 Å². The van der Waals surface area contributed by atoms with E-state index in [4.69, 9.17) is 0 Å². The van der Waals surface area contributed by atoms with E-state index >= 15 is 0 Å². The lowest BCUT2D eigenvalue weighted by Crippen LogP contribution is -2.44. The van der Waals surface area contributed by atoms with Crippen molar-refractivity contribution in [1.29, 1.82) is 0 Å². The molecule has 1 aromatic rings. The number of nitrogens with one attached hydrogen (secondary N) is 1. The van der Waals surface area contributed by atoms with Gasteiger partial charge in [-0.3, -0.25) is 5.32 Å². The highest BCUT2D eigenvalue weighted by Crippen LogP contribution is 2.16. The molecular formula is C12H21N3O2S. The molecule has 5 nitrogen and oxygen atoms in total. The predicted octanol–water partition coefficient (Wildman–Crippen LogP) is 2.33. The summed E-state index contributed by atoms with van der Waals surface area (Å²) in [6.07, 6.45) is 0.855. The van der Waals surface area contributed by atoms with Crippen LogP contribution < -0.4 is 5.32 Å². The molecule has 0 saturated carbocycles. The molecule has 0 bridgehead atoms. The average Bonchev–Trinajstić information content (AvgIpc) is 2.72. The SMILES string of the molecule is CCc1csc(NC(=O)N(CC)CC(C)(C)O)n1. The largest absolute Gasteiger partial charge is 0.389 e. The van der Waals surface area contributed by atoms with Gasteiger partial charge in [0.25, 0.3) is 0 Å². The summed E-state index contributed by atoms with van der Waals surface area (Å²) in [5.41, 5.74) is 0.0750. The molecule has 102 valence electrons. The van der Waals surface area contributed by atoms with Crippen LogP contribution in [0, 0.1) is 0 Å². The van der Waals surface area contributed by atoms with Crippen LogP contribution >= 0.6 is 11.3 Å². The lowest BCUT2D eigenvalue weighted by Gasteiger charge is -2.27. The maximum atomic E-state index is 12.0. The van der Waals surface area contributed by atoms with Crippen molar-refractivity contribution in [3.8, 4) is 0 Å². The zero-order valence-corrected chi connectivity index (χ0v) is 12.2. The van der Waals surface area contributed by atoms with E-state index < -0.39 is 5.60 Å². The van der Waals surface area contributed by atoms with Crippen molar-refractivity contribution in [2.75, 3.05) is 18.4 Å². The molecule has 1 heterocycles. The predicted molar refractivity (Wildman–Crippen MR) is 74.1 cm³/mol. The zero-order valence-electron chi connectivity index (χ0n) is 11.4. The Kier molecular flexibility index (Phi) is 5.10. The maximum absolute atomic E-state index is 12.0. The normalized spacial score (nSPS) is 11.4. The minimum atomic E-state index is -0.898. The van der Waals surface area contributed by atoms with E-state index in [9.17, 15) is 9.90 Å². The number of carbonyl (C=O) groups excluding carboxylic acids is 1. The van der Waals surface area contributed by atoms with Crippen molar-refractivity contribution in [3.63, 3.8) is 0 Å². The number of hydrogen-bond donors (Lipinski definition) is 2. The summed E-state index contributed by atoms with van der Waals surface area (Å²) in [7, 11) is 0. The average molecular weight is 271 g/mol. The number of aryl methyl sites for hydroxylation is 1. The van der Waals surface area contributed by atoms with Crippen molar-refractivity contribution >= 4 is 22.5 Å².